The maximum Gasteiger partial charge on any atom is 0.454 e. The molecule has 13 heavy (non-hydrogen) atoms. The van der Waals surface area contributed by atoms with Crippen molar-refractivity contribution in [3.63, 3.8) is 0 Å². The van der Waals surface area contributed by atoms with Crippen molar-refractivity contribution in [3.05, 3.63) is 12.3 Å². The van der Waals surface area contributed by atoms with E-state index in [-0.39, 0.29) is 5.54 Å². The second-order valence-corrected chi connectivity index (χ2v) is 3.59. The van der Waals surface area contributed by atoms with Gasteiger partial charge >= 0.3 is 6.18 Å². The largest absolute Gasteiger partial charge is 0.454 e. The SMILES string of the molecule is CC(C)(C)N/C=C/C(=O)C(F)(F)F. The normalized spacial score (nSPS) is 13.4. The summed E-state index contributed by atoms with van der Waals surface area (Å²) in [6, 6.07) is 0. The first-order valence-electron chi connectivity index (χ1n) is 3.68. The maximum atomic E-state index is 11.6. The zero-order chi connectivity index (χ0) is 10.7. The Balaban J connectivity index is 4.09. The molecule has 0 aromatic rings. The summed E-state index contributed by atoms with van der Waals surface area (Å²) in [5, 5.41) is 2.62. The Morgan fingerprint density at radius 2 is 1.69 bits per heavy atom. The van der Waals surface area contributed by atoms with Crippen LogP contribution >= 0.6 is 0 Å². The van der Waals surface area contributed by atoms with E-state index >= 15 is 0 Å². The van der Waals surface area contributed by atoms with Crippen LogP contribution in [0.25, 0.3) is 0 Å². The van der Waals surface area contributed by atoms with E-state index in [0.717, 1.165) is 6.20 Å². The fourth-order valence-corrected chi connectivity index (χ4v) is 0.462. The Labute approximate surface area is 74.8 Å². The molecule has 5 heteroatoms. The van der Waals surface area contributed by atoms with Crippen LogP contribution in [-0.4, -0.2) is 17.5 Å². The number of rotatable bonds is 2. The number of carbonyl (C=O) groups is 1. The van der Waals surface area contributed by atoms with Crippen molar-refractivity contribution in [3.8, 4) is 0 Å². The van der Waals surface area contributed by atoms with Gasteiger partial charge in [-0.2, -0.15) is 13.2 Å². The molecule has 0 rings (SSSR count). The molecule has 0 heterocycles. The van der Waals surface area contributed by atoms with Crippen LogP contribution in [0.3, 0.4) is 0 Å². The highest BCUT2D eigenvalue weighted by Crippen LogP contribution is 2.16. The molecule has 0 saturated heterocycles. The Kier molecular flexibility index (Phi) is 3.51. The van der Waals surface area contributed by atoms with Crippen molar-refractivity contribution in [2.24, 2.45) is 0 Å². The molecule has 0 aliphatic carbocycles. The molecule has 0 radical (unpaired) electrons. The third-order valence-corrected chi connectivity index (χ3v) is 1.03. The lowest BCUT2D eigenvalue weighted by molar-refractivity contribution is -0.165. The minimum Gasteiger partial charge on any atom is -0.386 e. The van der Waals surface area contributed by atoms with E-state index < -0.39 is 12.0 Å². The van der Waals surface area contributed by atoms with E-state index in [1.54, 1.807) is 20.8 Å². The molecule has 0 aromatic carbocycles. The molecule has 0 spiro atoms. The third-order valence-electron chi connectivity index (χ3n) is 1.03. The van der Waals surface area contributed by atoms with E-state index in [1.165, 1.54) is 0 Å². The molecule has 0 atom stereocenters. The highest BCUT2D eigenvalue weighted by atomic mass is 19.4. The molecule has 0 aromatic heterocycles. The number of hydrogen-bond donors (Lipinski definition) is 1. The second-order valence-electron chi connectivity index (χ2n) is 3.59. The Bertz CT molecular complexity index is 212. The molecule has 2 nitrogen and oxygen atoms in total. The smallest absolute Gasteiger partial charge is 0.386 e. The van der Waals surface area contributed by atoms with Gasteiger partial charge in [0, 0.05) is 17.8 Å². The molecule has 0 aliphatic heterocycles. The summed E-state index contributed by atoms with van der Waals surface area (Å²) in [6.45, 7) is 5.32. The zero-order valence-electron chi connectivity index (χ0n) is 7.70. The maximum absolute atomic E-state index is 11.6. The molecule has 0 saturated carbocycles. The summed E-state index contributed by atoms with van der Waals surface area (Å²) in [4.78, 5) is 10.3. The van der Waals surface area contributed by atoms with E-state index in [4.69, 9.17) is 0 Å². The minimum atomic E-state index is -4.78. The molecule has 0 fully saturated rings. The van der Waals surface area contributed by atoms with Crippen LogP contribution in [0.2, 0.25) is 0 Å². The first-order valence-corrected chi connectivity index (χ1v) is 3.68. The van der Waals surface area contributed by atoms with E-state index in [1.807, 2.05) is 0 Å². The van der Waals surface area contributed by atoms with Crippen LogP contribution in [0, 0.1) is 0 Å². The summed E-state index contributed by atoms with van der Waals surface area (Å²) >= 11 is 0. The average Bonchev–Trinajstić information content (AvgIpc) is 1.82. The molecule has 76 valence electrons. The van der Waals surface area contributed by atoms with Gasteiger partial charge in [-0.15, -0.1) is 0 Å². The standard InChI is InChI=1S/C8H12F3NO/c1-7(2,3)12-5-4-6(13)8(9,10)11/h4-5,12H,1-3H3/b5-4+. The summed E-state index contributed by atoms with van der Waals surface area (Å²) < 4.78 is 34.9. The quantitative estimate of drug-likeness (QED) is 0.683. The summed E-state index contributed by atoms with van der Waals surface area (Å²) in [7, 11) is 0. The number of alkyl halides is 3. The lowest BCUT2D eigenvalue weighted by Gasteiger charge is -2.18. The van der Waals surface area contributed by atoms with E-state index in [2.05, 4.69) is 5.32 Å². The van der Waals surface area contributed by atoms with Crippen LogP contribution in [0.5, 0.6) is 0 Å². The molecule has 0 amide bonds. The van der Waals surface area contributed by atoms with Crippen molar-refractivity contribution >= 4 is 5.78 Å². The lowest BCUT2D eigenvalue weighted by Crippen LogP contribution is -2.31. The van der Waals surface area contributed by atoms with Crippen LogP contribution < -0.4 is 5.32 Å². The Morgan fingerprint density at radius 1 is 1.23 bits per heavy atom. The predicted octanol–water partition coefficient (Wildman–Crippen LogP) is 2.02. The number of carbonyl (C=O) groups excluding carboxylic acids is 1. The average molecular weight is 195 g/mol. The molecular weight excluding hydrogens is 183 g/mol. The van der Waals surface area contributed by atoms with Crippen molar-refractivity contribution < 1.29 is 18.0 Å². The van der Waals surface area contributed by atoms with Crippen molar-refractivity contribution in [1.29, 1.82) is 0 Å². The van der Waals surface area contributed by atoms with Crippen molar-refractivity contribution in [1.82, 2.24) is 5.32 Å². The van der Waals surface area contributed by atoms with Gasteiger partial charge in [0.1, 0.15) is 0 Å². The van der Waals surface area contributed by atoms with Gasteiger partial charge in [-0.3, -0.25) is 4.79 Å². The summed E-state index contributed by atoms with van der Waals surface area (Å²) in [5.74, 6) is -1.86. The highest BCUT2D eigenvalue weighted by Gasteiger charge is 2.36. The predicted molar refractivity (Wildman–Crippen MR) is 43.1 cm³/mol. The number of hydrogen-bond acceptors (Lipinski definition) is 2. The van der Waals surface area contributed by atoms with Gasteiger partial charge in [0.2, 0.25) is 0 Å². The molecule has 1 N–H and O–H groups in total. The van der Waals surface area contributed by atoms with Crippen LogP contribution in [0.15, 0.2) is 12.3 Å². The van der Waals surface area contributed by atoms with Gasteiger partial charge in [0.25, 0.3) is 5.78 Å². The van der Waals surface area contributed by atoms with Crippen molar-refractivity contribution in [2.45, 2.75) is 32.5 Å². The first-order chi connectivity index (χ1) is 5.63. The number of nitrogens with one attached hydrogen (secondary N) is 1. The van der Waals surface area contributed by atoms with Crippen LogP contribution in [0.4, 0.5) is 13.2 Å². The lowest BCUT2D eigenvalue weighted by atomic mass is 10.1. The van der Waals surface area contributed by atoms with E-state index in [0.29, 0.717) is 6.08 Å². The van der Waals surface area contributed by atoms with Gasteiger partial charge in [-0.05, 0) is 20.8 Å². The highest BCUT2D eigenvalue weighted by molar-refractivity contribution is 5.94. The number of ketones is 1. The van der Waals surface area contributed by atoms with Gasteiger partial charge < -0.3 is 5.32 Å². The van der Waals surface area contributed by atoms with Crippen LogP contribution in [-0.2, 0) is 4.79 Å². The molecule has 0 bridgehead atoms. The first kappa shape index (κ1) is 12.0. The van der Waals surface area contributed by atoms with Gasteiger partial charge in [-0.25, -0.2) is 0 Å². The molecule has 0 unspecified atom stereocenters. The van der Waals surface area contributed by atoms with Crippen molar-refractivity contribution in [2.75, 3.05) is 0 Å². The van der Waals surface area contributed by atoms with Gasteiger partial charge in [-0.1, -0.05) is 0 Å². The minimum absolute atomic E-state index is 0.345. The molecular formula is C8H12F3NO. The number of allylic oxidation sites excluding steroid dienone is 1. The second kappa shape index (κ2) is 3.81. The topological polar surface area (TPSA) is 29.1 Å². The fourth-order valence-electron chi connectivity index (χ4n) is 0.462. The zero-order valence-corrected chi connectivity index (χ0v) is 7.70. The Hall–Kier alpha value is -1.00. The molecule has 0 aliphatic rings. The van der Waals surface area contributed by atoms with Gasteiger partial charge in [0.15, 0.2) is 0 Å². The summed E-state index contributed by atoms with van der Waals surface area (Å²) in [5.41, 5.74) is -0.345. The Morgan fingerprint density at radius 3 is 2.00 bits per heavy atom. The van der Waals surface area contributed by atoms with Crippen LogP contribution in [0.1, 0.15) is 20.8 Å². The van der Waals surface area contributed by atoms with Gasteiger partial charge in [0.05, 0.1) is 0 Å². The summed E-state index contributed by atoms with van der Waals surface area (Å²) in [6.07, 6.45) is -3.29. The fraction of sp³-hybridized carbons (Fsp3) is 0.625. The monoisotopic (exact) mass is 195 g/mol. The van der Waals surface area contributed by atoms with E-state index in [9.17, 15) is 18.0 Å². The third kappa shape index (κ3) is 6.19. The number of halogens is 3.